The van der Waals surface area contributed by atoms with Crippen molar-refractivity contribution in [2.75, 3.05) is 11.9 Å². The Bertz CT molecular complexity index is 905. The Kier molecular flexibility index (Phi) is 4.11. The monoisotopic (exact) mass is 352 g/mol. The highest BCUT2D eigenvalue weighted by Crippen LogP contribution is 2.31. The number of nitrogens with one attached hydrogen (secondary N) is 1. The van der Waals surface area contributed by atoms with E-state index in [0.29, 0.717) is 17.2 Å². The zero-order valence-electron chi connectivity index (χ0n) is 13.6. The van der Waals surface area contributed by atoms with Gasteiger partial charge in [0.15, 0.2) is 11.5 Å². The van der Waals surface area contributed by atoms with Gasteiger partial charge in [0.1, 0.15) is 6.61 Å². The van der Waals surface area contributed by atoms with E-state index in [1.807, 2.05) is 54.8 Å². The third-order valence-electron chi connectivity index (χ3n) is 3.87. The average molecular weight is 352 g/mol. The van der Waals surface area contributed by atoms with Crippen molar-refractivity contribution in [3.63, 3.8) is 0 Å². The van der Waals surface area contributed by atoms with Crippen LogP contribution >= 0.6 is 11.3 Å². The molecule has 4 rings (SSSR count). The lowest BCUT2D eigenvalue weighted by atomic mass is 10.1. The number of carbonyl (C=O) groups is 1. The lowest BCUT2D eigenvalue weighted by Gasteiger charge is -2.25. The number of amides is 1. The molecule has 0 fully saturated rings. The first-order valence-electron chi connectivity index (χ1n) is 7.91. The Morgan fingerprint density at radius 3 is 2.64 bits per heavy atom. The molecule has 0 saturated carbocycles. The molecule has 0 saturated heterocycles. The van der Waals surface area contributed by atoms with E-state index in [1.165, 1.54) is 0 Å². The molecule has 1 atom stereocenters. The molecule has 1 amide bonds. The molecule has 3 aromatic rings. The summed E-state index contributed by atoms with van der Waals surface area (Å²) in [6.45, 7) is 2.17. The smallest absolute Gasteiger partial charge is 0.269 e. The summed E-state index contributed by atoms with van der Waals surface area (Å²) in [5.74, 6) is 1.02. The number of para-hydroxylation sites is 2. The lowest BCUT2D eigenvalue weighted by molar-refractivity contribution is -0.125. The highest BCUT2D eigenvalue weighted by atomic mass is 32.1. The fourth-order valence-corrected chi connectivity index (χ4v) is 3.21. The lowest BCUT2D eigenvalue weighted by Crippen LogP contribution is -2.40. The number of aromatic nitrogens is 1. The highest BCUT2D eigenvalue weighted by Gasteiger charge is 2.27. The Morgan fingerprint density at radius 2 is 1.92 bits per heavy atom. The highest BCUT2D eigenvalue weighted by molar-refractivity contribution is 7.09. The van der Waals surface area contributed by atoms with Crippen molar-refractivity contribution in [2.24, 2.45) is 0 Å². The number of carbonyl (C=O) groups excluding carboxylic acids is 1. The fraction of sp³-hybridized carbons (Fsp3) is 0.158. The molecule has 5 nitrogen and oxygen atoms in total. The predicted molar refractivity (Wildman–Crippen MR) is 97.3 cm³/mol. The van der Waals surface area contributed by atoms with Gasteiger partial charge in [-0.25, -0.2) is 4.98 Å². The number of anilines is 1. The molecular weight excluding hydrogens is 336 g/mol. The summed E-state index contributed by atoms with van der Waals surface area (Å²) in [6.07, 6.45) is -0.671. The van der Waals surface area contributed by atoms with Crippen LogP contribution in [0.1, 0.15) is 5.01 Å². The molecule has 0 unspecified atom stereocenters. The number of benzene rings is 2. The van der Waals surface area contributed by atoms with Crippen LogP contribution in [-0.2, 0) is 4.79 Å². The summed E-state index contributed by atoms with van der Waals surface area (Å²) >= 11 is 1.62. The largest absolute Gasteiger partial charge is 0.485 e. The van der Waals surface area contributed by atoms with Crippen molar-refractivity contribution in [3.8, 4) is 22.8 Å². The van der Waals surface area contributed by atoms with Gasteiger partial charge in [0.05, 0.1) is 10.7 Å². The van der Waals surface area contributed by atoms with E-state index in [1.54, 1.807) is 17.4 Å². The van der Waals surface area contributed by atoms with Gasteiger partial charge >= 0.3 is 0 Å². The minimum absolute atomic E-state index is 0.193. The van der Waals surface area contributed by atoms with Crippen molar-refractivity contribution in [1.82, 2.24) is 4.98 Å². The first-order valence-corrected chi connectivity index (χ1v) is 8.79. The van der Waals surface area contributed by atoms with Gasteiger partial charge < -0.3 is 14.8 Å². The van der Waals surface area contributed by atoms with Crippen LogP contribution in [0.15, 0.2) is 53.9 Å². The number of rotatable bonds is 3. The Morgan fingerprint density at radius 1 is 1.16 bits per heavy atom. The standard InChI is InChI=1S/C19H16N2O3S/c1-12-20-15(11-25-12)13-6-8-14(9-7-13)21-19(22)18-10-23-16-4-2-3-5-17(16)24-18/h2-9,11,18H,10H2,1H3,(H,21,22)/t18-/m0/s1. The summed E-state index contributed by atoms with van der Waals surface area (Å²) in [5, 5.41) is 5.92. The van der Waals surface area contributed by atoms with E-state index in [-0.39, 0.29) is 12.5 Å². The zero-order valence-corrected chi connectivity index (χ0v) is 14.4. The molecule has 25 heavy (non-hydrogen) atoms. The van der Waals surface area contributed by atoms with Crippen LogP contribution in [0.25, 0.3) is 11.3 Å². The van der Waals surface area contributed by atoms with Gasteiger partial charge in [-0.2, -0.15) is 0 Å². The van der Waals surface area contributed by atoms with Crippen molar-refractivity contribution in [2.45, 2.75) is 13.0 Å². The van der Waals surface area contributed by atoms with Crippen LogP contribution in [0.3, 0.4) is 0 Å². The summed E-state index contributed by atoms with van der Waals surface area (Å²) in [6, 6.07) is 14.9. The summed E-state index contributed by atoms with van der Waals surface area (Å²) in [7, 11) is 0. The van der Waals surface area contributed by atoms with Gasteiger partial charge in [-0.15, -0.1) is 11.3 Å². The maximum absolute atomic E-state index is 12.4. The van der Waals surface area contributed by atoms with E-state index in [4.69, 9.17) is 9.47 Å². The first-order chi connectivity index (χ1) is 12.2. The molecular formula is C19H16N2O3S. The Hall–Kier alpha value is -2.86. The van der Waals surface area contributed by atoms with Gasteiger partial charge in [-0.05, 0) is 31.2 Å². The number of nitrogens with zero attached hydrogens (tertiary/aromatic N) is 1. The molecule has 0 aliphatic carbocycles. The van der Waals surface area contributed by atoms with E-state index in [0.717, 1.165) is 16.3 Å². The van der Waals surface area contributed by atoms with E-state index < -0.39 is 6.10 Å². The van der Waals surface area contributed by atoms with Crippen LogP contribution in [0.5, 0.6) is 11.5 Å². The van der Waals surface area contributed by atoms with Gasteiger partial charge in [0.25, 0.3) is 5.91 Å². The molecule has 1 aliphatic heterocycles. The summed E-state index contributed by atoms with van der Waals surface area (Å²) < 4.78 is 11.3. The fourth-order valence-electron chi connectivity index (χ4n) is 2.59. The molecule has 0 bridgehead atoms. The number of hydrogen-bond acceptors (Lipinski definition) is 5. The molecule has 0 radical (unpaired) electrons. The number of fused-ring (bicyclic) bond motifs is 1. The molecule has 2 heterocycles. The van der Waals surface area contributed by atoms with E-state index in [2.05, 4.69) is 10.3 Å². The molecule has 126 valence electrons. The number of hydrogen-bond donors (Lipinski definition) is 1. The van der Waals surface area contributed by atoms with Crippen molar-refractivity contribution in [3.05, 3.63) is 58.9 Å². The third kappa shape index (κ3) is 3.34. The molecule has 1 N–H and O–H groups in total. The number of ether oxygens (including phenoxy) is 2. The molecule has 6 heteroatoms. The van der Waals surface area contributed by atoms with Crippen molar-refractivity contribution in [1.29, 1.82) is 0 Å². The Balaban J connectivity index is 1.43. The SMILES string of the molecule is Cc1nc(-c2ccc(NC(=O)[C@@H]3COc4ccccc4O3)cc2)cs1. The molecule has 1 aromatic heterocycles. The van der Waals surface area contributed by atoms with Crippen LogP contribution < -0.4 is 14.8 Å². The topological polar surface area (TPSA) is 60.5 Å². The second-order valence-corrected chi connectivity index (χ2v) is 6.74. The second-order valence-electron chi connectivity index (χ2n) is 5.68. The number of aryl methyl sites for hydroxylation is 1. The minimum Gasteiger partial charge on any atom is -0.485 e. The normalized spacial score (nSPS) is 15.6. The predicted octanol–water partition coefficient (Wildman–Crippen LogP) is 3.90. The molecule has 0 spiro atoms. The second kappa shape index (κ2) is 6.57. The third-order valence-corrected chi connectivity index (χ3v) is 4.64. The van der Waals surface area contributed by atoms with Crippen LogP contribution in [0.2, 0.25) is 0 Å². The number of thiazole rings is 1. The quantitative estimate of drug-likeness (QED) is 0.777. The van der Waals surface area contributed by atoms with Crippen molar-refractivity contribution < 1.29 is 14.3 Å². The maximum atomic E-state index is 12.4. The minimum atomic E-state index is -0.671. The average Bonchev–Trinajstić information content (AvgIpc) is 3.08. The van der Waals surface area contributed by atoms with Gasteiger partial charge in [0.2, 0.25) is 6.10 Å². The molecule has 2 aromatic carbocycles. The van der Waals surface area contributed by atoms with E-state index in [9.17, 15) is 4.79 Å². The maximum Gasteiger partial charge on any atom is 0.269 e. The van der Waals surface area contributed by atoms with Crippen molar-refractivity contribution >= 4 is 22.9 Å². The summed E-state index contributed by atoms with van der Waals surface area (Å²) in [5.41, 5.74) is 2.68. The van der Waals surface area contributed by atoms with Gasteiger partial charge in [0, 0.05) is 16.6 Å². The molecule has 1 aliphatic rings. The van der Waals surface area contributed by atoms with Crippen LogP contribution in [-0.4, -0.2) is 23.6 Å². The summed E-state index contributed by atoms with van der Waals surface area (Å²) in [4.78, 5) is 16.9. The van der Waals surface area contributed by atoms with Crippen LogP contribution in [0, 0.1) is 6.92 Å². The van der Waals surface area contributed by atoms with E-state index >= 15 is 0 Å². The zero-order chi connectivity index (χ0) is 17.2. The van der Waals surface area contributed by atoms with Gasteiger partial charge in [-0.1, -0.05) is 24.3 Å². The Labute approximate surface area is 149 Å². The van der Waals surface area contributed by atoms with Gasteiger partial charge in [-0.3, -0.25) is 4.79 Å². The van der Waals surface area contributed by atoms with Crippen LogP contribution in [0.4, 0.5) is 5.69 Å². The first kappa shape index (κ1) is 15.7.